The quantitative estimate of drug-likeness (QED) is 0.488. The Kier molecular flexibility index (Phi) is 8.93. The fraction of sp³-hybridized carbons (Fsp3) is 1.00. The summed E-state index contributed by atoms with van der Waals surface area (Å²) in [6.45, 7) is 8.87. The van der Waals surface area contributed by atoms with Crippen molar-refractivity contribution in [1.29, 1.82) is 0 Å². The summed E-state index contributed by atoms with van der Waals surface area (Å²) in [5.41, 5.74) is 0. The Bertz CT molecular complexity index is 109. The lowest BCUT2D eigenvalue weighted by atomic mass is 10.2. The number of ether oxygens (including phenoxy) is 1. The Hall–Kier alpha value is 0.210. The fourth-order valence-corrected chi connectivity index (χ4v) is 1.46. The second-order valence-corrected chi connectivity index (χ2v) is 4.23. The summed E-state index contributed by atoms with van der Waals surface area (Å²) < 4.78 is 5.34. The molecule has 0 aromatic heterocycles. The Labute approximate surface area is 87.0 Å². The van der Waals surface area contributed by atoms with Crippen LogP contribution in [0, 0.1) is 0 Å². The molecule has 0 amide bonds. The van der Waals surface area contributed by atoms with Gasteiger partial charge in [-0.1, -0.05) is 6.92 Å². The van der Waals surface area contributed by atoms with Crippen LogP contribution < -0.4 is 5.32 Å². The normalized spacial score (nSPS) is 15.7. The van der Waals surface area contributed by atoms with Crippen molar-refractivity contribution >= 4 is 11.6 Å². The topological polar surface area (TPSA) is 21.3 Å². The molecule has 0 saturated carbocycles. The van der Waals surface area contributed by atoms with Gasteiger partial charge in [0.1, 0.15) is 0 Å². The molecule has 0 rings (SSSR count). The van der Waals surface area contributed by atoms with Gasteiger partial charge in [-0.3, -0.25) is 0 Å². The number of halogens is 1. The van der Waals surface area contributed by atoms with Crippen LogP contribution in [0.1, 0.15) is 33.6 Å². The molecule has 2 unspecified atom stereocenters. The van der Waals surface area contributed by atoms with E-state index in [9.17, 15) is 0 Å². The minimum atomic E-state index is 0.249. The molecule has 0 heterocycles. The predicted octanol–water partition coefficient (Wildman–Crippen LogP) is 2.41. The van der Waals surface area contributed by atoms with Gasteiger partial charge >= 0.3 is 0 Å². The lowest BCUT2D eigenvalue weighted by molar-refractivity contribution is 0.134. The van der Waals surface area contributed by atoms with Gasteiger partial charge in [0, 0.05) is 24.6 Å². The first kappa shape index (κ1) is 13.2. The van der Waals surface area contributed by atoms with Gasteiger partial charge in [-0.25, -0.2) is 0 Å². The summed E-state index contributed by atoms with van der Waals surface area (Å²) in [4.78, 5) is 0. The standard InChI is InChI=1S/C10H22ClNO/c1-4-6-13-7-5-12-10(3)8-9(2)11/h9-10,12H,4-8H2,1-3H3. The highest BCUT2D eigenvalue weighted by Gasteiger charge is 2.04. The van der Waals surface area contributed by atoms with Crippen molar-refractivity contribution in [3.63, 3.8) is 0 Å². The van der Waals surface area contributed by atoms with Gasteiger partial charge in [-0.05, 0) is 26.7 Å². The van der Waals surface area contributed by atoms with E-state index in [1.165, 1.54) is 0 Å². The van der Waals surface area contributed by atoms with Crippen LogP contribution in [-0.4, -0.2) is 31.2 Å². The van der Waals surface area contributed by atoms with E-state index in [-0.39, 0.29) is 5.38 Å². The molecule has 0 aliphatic rings. The predicted molar refractivity (Wildman–Crippen MR) is 58.5 cm³/mol. The Balaban J connectivity index is 3.12. The molecule has 2 atom stereocenters. The Morgan fingerprint density at radius 2 is 2.00 bits per heavy atom. The molecule has 0 aromatic rings. The number of nitrogens with one attached hydrogen (secondary N) is 1. The molecule has 0 aliphatic carbocycles. The molecule has 80 valence electrons. The van der Waals surface area contributed by atoms with Gasteiger partial charge in [0.25, 0.3) is 0 Å². The summed E-state index contributed by atoms with van der Waals surface area (Å²) in [5, 5.41) is 3.61. The summed E-state index contributed by atoms with van der Waals surface area (Å²) in [6, 6.07) is 0.484. The van der Waals surface area contributed by atoms with E-state index in [0.717, 1.165) is 32.6 Å². The SMILES string of the molecule is CCCOCCNC(C)CC(C)Cl. The summed E-state index contributed by atoms with van der Waals surface area (Å²) in [6.07, 6.45) is 2.10. The zero-order chi connectivity index (χ0) is 10.1. The van der Waals surface area contributed by atoms with Crippen LogP contribution in [0.5, 0.6) is 0 Å². The molecule has 2 nitrogen and oxygen atoms in total. The molecular weight excluding hydrogens is 186 g/mol. The third-order valence-electron chi connectivity index (χ3n) is 1.77. The highest BCUT2D eigenvalue weighted by Crippen LogP contribution is 2.03. The van der Waals surface area contributed by atoms with Crippen molar-refractivity contribution in [2.24, 2.45) is 0 Å². The average Bonchev–Trinajstić information content (AvgIpc) is 2.02. The number of hydrogen-bond donors (Lipinski definition) is 1. The fourth-order valence-electron chi connectivity index (χ4n) is 1.19. The van der Waals surface area contributed by atoms with Crippen LogP contribution in [0.2, 0.25) is 0 Å². The van der Waals surface area contributed by atoms with Gasteiger partial charge in [0.2, 0.25) is 0 Å². The highest BCUT2D eigenvalue weighted by atomic mass is 35.5. The molecule has 0 fully saturated rings. The first-order chi connectivity index (χ1) is 6.16. The van der Waals surface area contributed by atoms with Gasteiger partial charge in [0.15, 0.2) is 0 Å². The lowest BCUT2D eigenvalue weighted by Crippen LogP contribution is -2.31. The first-order valence-electron chi connectivity index (χ1n) is 5.12. The molecular formula is C10H22ClNO. The smallest absolute Gasteiger partial charge is 0.0590 e. The third-order valence-corrected chi connectivity index (χ3v) is 1.94. The largest absolute Gasteiger partial charge is 0.380 e. The summed E-state index contributed by atoms with van der Waals surface area (Å²) in [5.74, 6) is 0. The first-order valence-corrected chi connectivity index (χ1v) is 5.55. The number of hydrogen-bond acceptors (Lipinski definition) is 2. The van der Waals surface area contributed by atoms with Crippen LogP contribution in [-0.2, 0) is 4.74 Å². The molecule has 0 saturated heterocycles. The van der Waals surface area contributed by atoms with E-state index < -0.39 is 0 Å². The zero-order valence-corrected chi connectivity index (χ0v) is 9.73. The molecule has 0 bridgehead atoms. The number of alkyl halides is 1. The molecule has 1 N–H and O–H groups in total. The second kappa shape index (κ2) is 8.79. The maximum absolute atomic E-state index is 5.86. The van der Waals surface area contributed by atoms with Crippen LogP contribution in [0.4, 0.5) is 0 Å². The van der Waals surface area contributed by atoms with Crippen molar-refractivity contribution in [2.75, 3.05) is 19.8 Å². The van der Waals surface area contributed by atoms with Crippen LogP contribution in [0.15, 0.2) is 0 Å². The van der Waals surface area contributed by atoms with E-state index >= 15 is 0 Å². The van der Waals surface area contributed by atoms with Gasteiger partial charge in [-0.2, -0.15) is 0 Å². The molecule has 0 aromatic carbocycles. The second-order valence-electron chi connectivity index (χ2n) is 3.48. The van der Waals surface area contributed by atoms with Crippen molar-refractivity contribution < 1.29 is 4.74 Å². The van der Waals surface area contributed by atoms with E-state index in [1.54, 1.807) is 0 Å². The molecule has 0 spiro atoms. The van der Waals surface area contributed by atoms with E-state index in [1.807, 2.05) is 6.92 Å². The highest BCUT2D eigenvalue weighted by molar-refractivity contribution is 6.20. The van der Waals surface area contributed by atoms with E-state index in [2.05, 4.69) is 19.2 Å². The van der Waals surface area contributed by atoms with Crippen LogP contribution in [0.25, 0.3) is 0 Å². The maximum Gasteiger partial charge on any atom is 0.0590 e. The van der Waals surface area contributed by atoms with Gasteiger partial charge < -0.3 is 10.1 Å². The van der Waals surface area contributed by atoms with Crippen molar-refractivity contribution in [1.82, 2.24) is 5.32 Å². The monoisotopic (exact) mass is 207 g/mol. The van der Waals surface area contributed by atoms with Crippen LogP contribution >= 0.6 is 11.6 Å². The van der Waals surface area contributed by atoms with Crippen molar-refractivity contribution in [3.8, 4) is 0 Å². The van der Waals surface area contributed by atoms with E-state index in [4.69, 9.17) is 16.3 Å². The molecule has 13 heavy (non-hydrogen) atoms. The Morgan fingerprint density at radius 1 is 1.31 bits per heavy atom. The third kappa shape index (κ3) is 10.1. The Morgan fingerprint density at radius 3 is 2.54 bits per heavy atom. The summed E-state index contributed by atoms with van der Waals surface area (Å²) >= 11 is 5.86. The van der Waals surface area contributed by atoms with Crippen LogP contribution in [0.3, 0.4) is 0 Å². The maximum atomic E-state index is 5.86. The summed E-state index contributed by atoms with van der Waals surface area (Å²) in [7, 11) is 0. The van der Waals surface area contributed by atoms with Gasteiger partial charge in [0.05, 0.1) is 6.61 Å². The molecule has 0 radical (unpaired) electrons. The van der Waals surface area contributed by atoms with Gasteiger partial charge in [-0.15, -0.1) is 11.6 Å². The minimum absolute atomic E-state index is 0.249. The molecule has 0 aliphatic heterocycles. The average molecular weight is 208 g/mol. The zero-order valence-electron chi connectivity index (χ0n) is 8.98. The van der Waals surface area contributed by atoms with E-state index in [0.29, 0.717) is 6.04 Å². The van der Waals surface area contributed by atoms with Crippen molar-refractivity contribution in [3.05, 3.63) is 0 Å². The van der Waals surface area contributed by atoms with Crippen molar-refractivity contribution in [2.45, 2.75) is 45.0 Å². The minimum Gasteiger partial charge on any atom is -0.380 e. The molecule has 3 heteroatoms. The number of rotatable bonds is 8. The lowest BCUT2D eigenvalue weighted by Gasteiger charge is -2.14.